The van der Waals surface area contributed by atoms with Crippen LogP contribution in [0, 0.1) is 11.7 Å². The molecule has 1 aliphatic heterocycles. The normalized spacial score (nSPS) is 15.5. The van der Waals surface area contributed by atoms with E-state index in [1.165, 1.54) is 23.5 Å². The fourth-order valence-corrected chi connectivity index (χ4v) is 4.13. The second kappa shape index (κ2) is 8.58. The maximum Gasteiger partial charge on any atom is 0.229 e. The molecule has 0 saturated carbocycles. The monoisotopic (exact) mass is 396 g/mol. The Kier molecular flexibility index (Phi) is 5.73. The first-order valence-corrected chi connectivity index (χ1v) is 10.2. The molecule has 0 unspecified atom stereocenters. The number of hydrogen-bond acceptors (Lipinski definition) is 5. The Morgan fingerprint density at radius 3 is 2.50 bits per heavy atom. The standard InChI is InChI=1S/C21H21FN4OS/c22-18-8-6-15(7-9-18)14-26-12-10-16(11-13-26)19(27)23-21-25-24-20(28-21)17-4-2-1-3-5-17/h1-9,16H,10-14H2,(H,23,25,27). The summed E-state index contributed by atoms with van der Waals surface area (Å²) >= 11 is 1.39. The predicted octanol–water partition coefficient (Wildman–Crippen LogP) is 4.19. The van der Waals surface area contributed by atoms with Crippen molar-refractivity contribution in [1.29, 1.82) is 0 Å². The van der Waals surface area contributed by atoms with Gasteiger partial charge in [-0.3, -0.25) is 9.69 Å². The number of hydrogen-bond donors (Lipinski definition) is 1. The van der Waals surface area contributed by atoms with E-state index in [-0.39, 0.29) is 17.6 Å². The number of nitrogens with zero attached hydrogens (tertiary/aromatic N) is 3. The molecule has 0 atom stereocenters. The summed E-state index contributed by atoms with van der Waals surface area (Å²) in [6, 6.07) is 16.4. The zero-order chi connectivity index (χ0) is 19.3. The molecule has 5 nitrogen and oxygen atoms in total. The van der Waals surface area contributed by atoms with Crippen molar-refractivity contribution < 1.29 is 9.18 Å². The Labute approximate surface area is 167 Å². The highest BCUT2D eigenvalue weighted by atomic mass is 32.1. The molecule has 1 aliphatic rings. The van der Waals surface area contributed by atoms with E-state index in [4.69, 9.17) is 0 Å². The third-order valence-electron chi connectivity index (χ3n) is 4.95. The molecule has 0 aliphatic carbocycles. The van der Waals surface area contributed by atoms with E-state index in [1.54, 1.807) is 0 Å². The minimum absolute atomic E-state index is 0.0113. The van der Waals surface area contributed by atoms with E-state index < -0.39 is 0 Å². The molecule has 0 spiro atoms. The van der Waals surface area contributed by atoms with Crippen molar-refractivity contribution >= 4 is 22.4 Å². The minimum atomic E-state index is -0.216. The van der Waals surface area contributed by atoms with Crippen LogP contribution in [0.4, 0.5) is 9.52 Å². The lowest BCUT2D eigenvalue weighted by atomic mass is 9.95. The highest BCUT2D eigenvalue weighted by Crippen LogP contribution is 2.27. The fraction of sp³-hybridized carbons (Fsp3) is 0.286. The number of halogens is 1. The van der Waals surface area contributed by atoms with Crippen molar-refractivity contribution in [2.45, 2.75) is 19.4 Å². The van der Waals surface area contributed by atoms with Crippen molar-refractivity contribution in [2.24, 2.45) is 5.92 Å². The molecule has 1 aromatic heterocycles. The van der Waals surface area contributed by atoms with Gasteiger partial charge >= 0.3 is 0 Å². The van der Waals surface area contributed by atoms with E-state index in [1.807, 2.05) is 42.5 Å². The Morgan fingerprint density at radius 1 is 1.07 bits per heavy atom. The van der Waals surface area contributed by atoms with Gasteiger partial charge in [0.1, 0.15) is 10.8 Å². The van der Waals surface area contributed by atoms with Crippen LogP contribution in [0.1, 0.15) is 18.4 Å². The smallest absolute Gasteiger partial charge is 0.229 e. The van der Waals surface area contributed by atoms with Crippen LogP contribution in [-0.2, 0) is 11.3 Å². The number of anilines is 1. The summed E-state index contributed by atoms with van der Waals surface area (Å²) in [5.41, 5.74) is 2.08. The number of nitrogens with one attached hydrogen (secondary N) is 1. The van der Waals surface area contributed by atoms with Gasteiger partial charge in [-0.25, -0.2) is 4.39 Å². The number of rotatable bonds is 5. The van der Waals surface area contributed by atoms with Crippen LogP contribution in [-0.4, -0.2) is 34.1 Å². The molecule has 1 fully saturated rings. The molecule has 2 heterocycles. The zero-order valence-electron chi connectivity index (χ0n) is 15.3. The molecule has 2 aromatic carbocycles. The zero-order valence-corrected chi connectivity index (χ0v) is 16.2. The molecule has 4 rings (SSSR count). The summed E-state index contributed by atoms with van der Waals surface area (Å²) in [5.74, 6) is -0.225. The Morgan fingerprint density at radius 2 is 1.79 bits per heavy atom. The van der Waals surface area contributed by atoms with Gasteiger partial charge in [-0.2, -0.15) is 0 Å². The molecule has 1 N–H and O–H groups in total. The molecule has 3 aromatic rings. The van der Waals surface area contributed by atoms with Gasteiger partial charge in [0.15, 0.2) is 0 Å². The molecule has 1 amide bonds. The van der Waals surface area contributed by atoms with Crippen molar-refractivity contribution in [1.82, 2.24) is 15.1 Å². The number of amides is 1. The Balaban J connectivity index is 1.28. The quantitative estimate of drug-likeness (QED) is 0.702. The molecule has 28 heavy (non-hydrogen) atoms. The molecular formula is C21H21FN4OS. The van der Waals surface area contributed by atoms with Crippen LogP contribution in [0.15, 0.2) is 54.6 Å². The van der Waals surface area contributed by atoms with E-state index in [2.05, 4.69) is 20.4 Å². The van der Waals surface area contributed by atoms with Crippen molar-refractivity contribution in [3.8, 4) is 10.6 Å². The fourth-order valence-electron chi connectivity index (χ4n) is 3.38. The molecular weight excluding hydrogens is 375 g/mol. The highest BCUT2D eigenvalue weighted by molar-refractivity contribution is 7.18. The number of carbonyl (C=O) groups is 1. The highest BCUT2D eigenvalue weighted by Gasteiger charge is 2.25. The maximum atomic E-state index is 13.0. The van der Waals surface area contributed by atoms with Gasteiger partial charge in [-0.15, -0.1) is 10.2 Å². The first-order valence-electron chi connectivity index (χ1n) is 9.34. The largest absolute Gasteiger partial charge is 0.300 e. The first-order chi connectivity index (χ1) is 13.7. The summed E-state index contributed by atoms with van der Waals surface area (Å²) in [4.78, 5) is 14.9. The second-order valence-corrected chi connectivity index (χ2v) is 7.92. The van der Waals surface area contributed by atoms with Crippen molar-refractivity contribution in [3.05, 3.63) is 66.0 Å². The van der Waals surface area contributed by atoms with Gasteiger partial charge in [0.25, 0.3) is 0 Å². The minimum Gasteiger partial charge on any atom is -0.300 e. The van der Waals surface area contributed by atoms with Crippen LogP contribution in [0.3, 0.4) is 0 Å². The third-order valence-corrected chi connectivity index (χ3v) is 5.84. The van der Waals surface area contributed by atoms with Gasteiger partial charge < -0.3 is 5.32 Å². The average Bonchev–Trinajstić information content (AvgIpc) is 3.19. The van der Waals surface area contributed by atoms with E-state index in [9.17, 15) is 9.18 Å². The van der Waals surface area contributed by atoms with Crippen LogP contribution in [0.5, 0.6) is 0 Å². The number of likely N-dealkylation sites (tertiary alicyclic amines) is 1. The number of piperidine rings is 1. The van der Waals surface area contributed by atoms with Crippen molar-refractivity contribution in [2.75, 3.05) is 18.4 Å². The van der Waals surface area contributed by atoms with Gasteiger partial charge in [-0.05, 0) is 43.6 Å². The second-order valence-electron chi connectivity index (χ2n) is 6.94. The number of carbonyl (C=O) groups excluding carboxylic acids is 1. The van der Waals surface area contributed by atoms with Crippen LogP contribution in [0.2, 0.25) is 0 Å². The van der Waals surface area contributed by atoms with Crippen molar-refractivity contribution in [3.63, 3.8) is 0 Å². The van der Waals surface area contributed by atoms with Crippen LogP contribution < -0.4 is 5.32 Å². The van der Waals surface area contributed by atoms with Gasteiger partial charge in [0.2, 0.25) is 11.0 Å². The van der Waals surface area contributed by atoms with Crippen LogP contribution in [0.25, 0.3) is 10.6 Å². The molecule has 1 saturated heterocycles. The molecule has 0 radical (unpaired) electrons. The summed E-state index contributed by atoms with van der Waals surface area (Å²) in [6.07, 6.45) is 1.61. The lowest BCUT2D eigenvalue weighted by Gasteiger charge is -2.31. The third kappa shape index (κ3) is 4.61. The van der Waals surface area contributed by atoms with Gasteiger partial charge in [0.05, 0.1) is 0 Å². The topological polar surface area (TPSA) is 58.1 Å². The summed E-state index contributed by atoms with van der Waals surface area (Å²) < 4.78 is 13.0. The molecule has 0 bridgehead atoms. The van der Waals surface area contributed by atoms with Crippen LogP contribution >= 0.6 is 11.3 Å². The van der Waals surface area contributed by atoms with E-state index in [0.717, 1.165) is 48.6 Å². The average molecular weight is 396 g/mol. The Hall–Kier alpha value is -2.64. The maximum absolute atomic E-state index is 13.0. The van der Waals surface area contributed by atoms with Gasteiger partial charge in [0, 0.05) is 18.0 Å². The SMILES string of the molecule is O=C(Nc1nnc(-c2ccccc2)s1)C1CCN(Cc2ccc(F)cc2)CC1. The summed E-state index contributed by atoms with van der Waals surface area (Å²) in [5, 5.41) is 12.5. The van der Waals surface area contributed by atoms with E-state index >= 15 is 0 Å². The number of benzene rings is 2. The lowest BCUT2D eigenvalue weighted by molar-refractivity contribution is -0.121. The predicted molar refractivity (Wildman–Crippen MR) is 108 cm³/mol. The number of aromatic nitrogens is 2. The Bertz CT molecular complexity index is 921. The van der Waals surface area contributed by atoms with E-state index in [0.29, 0.717) is 5.13 Å². The molecule has 144 valence electrons. The molecule has 7 heteroatoms. The first kappa shape index (κ1) is 18.7. The summed E-state index contributed by atoms with van der Waals surface area (Å²) in [7, 11) is 0. The lowest BCUT2D eigenvalue weighted by Crippen LogP contribution is -2.37. The summed E-state index contributed by atoms with van der Waals surface area (Å²) in [6.45, 7) is 2.48. The van der Waals surface area contributed by atoms with Gasteiger partial charge in [-0.1, -0.05) is 53.8 Å².